The van der Waals surface area contributed by atoms with Crippen LogP contribution in [0.15, 0.2) is 122 Å². The molecule has 0 amide bonds. The average molecular weight is 1080 g/mol. The fourth-order valence-corrected chi connectivity index (χ4v) is 6.87. The van der Waals surface area contributed by atoms with Crippen LogP contribution in [-0.4, -0.2) is 85.5 Å². The van der Waals surface area contributed by atoms with Crippen molar-refractivity contribution in [3.63, 3.8) is 0 Å². The summed E-state index contributed by atoms with van der Waals surface area (Å²) in [5, 5.41) is 27.6. The van der Waals surface area contributed by atoms with E-state index in [9.17, 15) is 10.1 Å². The molecule has 0 bridgehead atoms. The number of nitrogen functional groups attached to an aromatic ring is 1. The molecule has 0 aliphatic rings. The number of nitro groups is 1. The summed E-state index contributed by atoms with van der Waals surface area (Å²) >= 11 is 12.8. The zero-order chi connectivity index (χ0) is 51.2. The molecule has 8 aromatic rings. The third kappa shape index (κ3) is 17.3. The minimum Gasteiger partial charge on any atom is -0.489 e. The number of carboxylic acid groups (broad SMARTS) is 1. The maximum absolute atomic E-state index is 11.7. The van der Waals surface area contributed by atoms with Crippen molar-refractivity contribution in [2.24, 2.45) is 0 Å². The van der Waals surface area contributed by atoms with E-state index in [2.05, 4.69) is 40.5 Å². The maximum atomic E-state index is 11.7. The number of anilines is 5. The van der Waals surface area contributed by atoms with Crippen LogP contribution >= 0.6 is 23.2 Å². The first-order chi connectivity index (χ1) is 34.9. The molecule has 0 aliphatic carbocycles. The van der Waals surface area contributed by atoms with Crippen LogP contribution in [-0.2, 0) is 44.6 Å². The van der Waals surface area contributed by atoms with Crippen LogP contribution in [0, 0.1) is 10.1 Å². The predicted molar refractivity (Wildman–Crippen MR) is 274 cm³/mol. The first-order valence-electron chi connectivity index (χ1n) is 22.2. The molecule has 0 saturated carbocycles. The number of hydrogen-bond acceptors (Lipinski definition) is 18. The molecule has 382 valence electrons. The fraction of sp³-hybridized carbons (Fsp3) is 0.220. The van der Waals surface area contributed by atoms with Gasteiger partial charge >= 0.3 is 5.69 Å². The standard InChI is InChI=1S/C24H22ClN5O5.C24H24ClN5O3.C2H4O2.Fe/c1-2-33-9-10-34-23-13-20-18(12-21(23)30(31)32)24(28-15-27-20)29-16-6-7-22(19(25)11-16)35-14-17-5-3-4-8-26-17;1-2-31-9-10-32-23-13-21-18(12-20(23)26)24(29-15-28-21)30-16-6-7-22(19(25)11-16)33-14-17-5-3-4-8-27-17;1-2(3)4;/h3-8,11-13,15H,2,9-10,14H2,1H3,(H,27,28,29);3-8,11-13,15H,2,9-10,14,26H2,1H3,(H,28,29,30);1H3,(H,3,4);. The normalized spacial score (nSPS) is 10.4. The molecule has 0 spiro atoms. The van der Waals surface area contributed by atoms with E-state index >= 15 is 0 Å². The molecule has 73 heavy (non-hydrogen) atoms. The molecular formula is C50H50Cl2FeN10O10. The van der Waals surface area contributed by atoms with E-state index in [4.69, 9.17) is 67.3 Å². The molecule has 4 aromatic heterocycles. The van der Waals surface area contributed by atoms with Crippen LogP contribution in [0.3, 0.4) is 0 Å². The van der Waals surface area contributed by atoms with Crippen LogP contribution in [0.25, 0.3) is 21.8 Å². The number of carbonyl (C=O) groups is 1. The summed E-state index contributed by atoms with van der Waals surface area (Å²) in [5.41, 5.74) is 10.7. The number of halogens is 2. The summed E-state index contributed by atoms with van der Waals surface area (Å²) in [7, 11) is 0. The zero-order valence-corrected chi connectivity index (χ0v) is 42.3. The minimum atomic E-state index is -0.833. The SMILES string of the molecule is CC(=O)O.CCOCCOc1cc2ncnc(Nc3ccc(OCc4ccccn4)c(Cl)c3)c2cc1N.CCOCCOc1cc2ncnc(Nc3ccc(OCc4ccccn4)c(Cl)c3)c2cc1[N+](=O)[O-].[Fe]. The molecule has 4 heterocycles. The van der Waals surface area contributed by atoms with Crippen molar-refractivity contribution in [2.45, 2.75) is 34.0 Å². The summed E-state index contributed by atoms with van der Waals surface area (Å²) in [6, 6.07) is 28.4. The summed E-state index contributed by atoms with van der Waals surface area (Å²) in [4.78, 5) is 45.8. The van der Waals surface area contributed by atoms with Crippen molar-refractivity contribution in [3.8, 4) is 23.0 Å². The number of rotatable bonds is 21. The van der Waals surface area contributed by atoms with Gasteiger partial charge in [0.05, 0.1) is 61.7 Å². The van der Waals surface area contributed by atoms with Crippen molar-refractivity contribution >= 4 is 85.4 Å². The van der Waals surface area contributed by atoms with Gasteiger partial charge in [0.1, 0.15) is 68.0 Å². The molecular weight excluding hydrogens is 1030 g/mol. The van der Waals surface area contributed by atoms with Gasteiger partial charge in [-0.25, -0.2) is 19.9 Å². The fourth-order valence-electron chi connectivity index (χ4n) is 6.40. The molecule has 0 fully saturated rings. The first-order valence-corrected chi connectivity index (χ1v) is 22.9. The number of nitro benzene ring substituents is 1. The first kappa shape index (κ1) is 56.3. The van der Waals surface area contributed by atoms with Gasteiger partial charge in [-0.3, -0.25) is 24.9 Å². The number of carboxylic acids is 1. The van der Waals surface area contributed by atoms with Gasteiger partial charge in [-0.15, -0.1) is 0 Å². The molecule has 0 radical (unpaired) electrons. The number of nitrogens with zero attached hydrogens (tertiary/aromatic N) is 7. The Bertz CT molecular complexity index is 3060. The molecule has 4 aromatic carbocycles. The Labute approximate surface area is 440 Å². The van der Waals surface area contributed by atoms with Crippen molar-refractivity contribution in [3.05, 3.63) is 154 Å². The van der Waals surface area contributed by atoms with Gasteiger partial charge in [-0.1, -0.05) is 35.3 Å². The molecule has 5 N–H and O–H groups in total. The number of aliphatic carboxylic acids is 1. The van der Waals surface area contributed by atoms with E-state index in [0.29, 0.717) is 106 Å². The Balaban J connectivity index is 0.000000249. The molecule has 8 rings (SSSR count). The van der Waals surface area contributed by atoms with Crippen LogP contribution in [0.4, 0.5) is 34.4 Å². The van der Waals surface area contributed by atoms with Gasteiger partial charge in [0, 0.05) is 84.6 Å². The van der Waals surface area contributed by atoms with E-state index in [1.165, 1.54) is 24.8 Å². The third-order valence-corrected chi connectivity index (χ3v) is 10.2. The topological polar surface area (TPSA) is 263 Å². The summed E-state index contributed by atoms with van der Waals surface area (Å²) in [6.45, 7) is 8.08. The predicted octanol–water partition coefficient (Wildman–Crippen LogP) is 10.4. The number of nitrogens with two attached hydrogens (primary N) is 1. The second-order valence-electron chi connectivity index (χ2n) is 14.8. The third-order valence-electron chi connectivity index (χ3n) is 9.65. The van der Waals surface area contributed by atoms with Crippen LogP contribution in [0.1, 0.15) is 32.2 Å². The summed E-state index contributed by atoms with van der Waals surface area (Å²) in [5.74, 6) is 1.90. The Morgan fingerprint density at radius 2 is 1.10 bits per heavy atom. The van der Waals surface area contributed by atoms with Gasteiger partial charge in [-0.05, 0) is 80.6 Å². The van der Waals surface area contributed by atoms with Gasteiger partial charge in [0.15, 0.2) is 5.75 Å². The molecule has 0 saturated heterocycles. The number of pyridine rings is 2. The van der Waals surface area contributed by atoms with Gasteiger partial charge in [-0.2, -0.15) is 0 Å². The van der Waals surface area contributed by atoms with E-state index < -0.39 is 10.9 Å². The molecule has 20 nitrogen and oxygen atoms in total. The smallest absolute Gasteiger partial charge is 0.311 e. The average Bonchev–Trinajstić information content (AvgIpc) is 3.37. The maximum Gasteiger partial charge on any atom is 0.311 e. The summed E-state index contributed by atoms with van der Waals surface area (Å²) < 4.78 is 33.4. The minimum absolute atomic E-state index is 0. The quantitative estimate of drug-likeness (QED) is 0.0171. The second-order valence-corrected chi connectivity index (χ2v) is 15.6. The van der Waals surface area contributed by atoms with Gasteiger partial charge in [0.2, 0.25) is 0 Å². The molecule has 23 heteroatoms. The Morgan fingerprint density at radius 1 is 0.630 bits per heavy atom. The number of ether oxygens (including phenoxy) is 6. The second kappa shape index (κ2) is 29.0. The molecule has 0 unspecified atom stereocenters. The van der Waals surface area contributed by atoms with Crippen molar-refractivity contribution in [1.29, 1.82) is 0 Å². The Hall–Kier alpha value is -7.65. The van der Waals surface area contributed by atoms with Crippen LogP contribution in [0.2, 0.25) is 10.0 Å². The van der Waals surface area contributed by atoms with Crippen LogP contribution < -0.4 is 35.3 Å². The number of fused-ring (bicyclic) bond motifs is 2. The Morgan fingerprint density at radius 3 is 1.53 bits per heavy atom. The number of nitrogens with one attached hydrogen (secondary N) is 2. The van der Waals surface area contributed by atoms with Crippen molar-refractivity contribution in [1.82, 2.24) is 29.9 Å². The zero-order valence-electron chi connectivity index (χ0n) is 39.6. The molecule has 0 aliphatic heterocycles. The Kier molecular flexibility index (Phi) is 22.4. The van der Waals surface area contributed by atoms with E-state index in [-0.39, 0.29) is 41.7 Å². The van der Waals surface area contributed by atoms with Gasteiger partial charge in [0.25, 0.3) is 5.97 Å². The largest absolute Gasteiger partial charge is 0.489 e. The summed E-state index contributed by atoms with van der Waals surface area (Å²) in [6.07, 6.45) is 6.27. The van der Waals surface area contributed by atoms with Gasteiger partial charge < -0.3 is 49.9 Å². The van der Waals surface area contributed by atoms with Crippen LogP contribution in [0.5, 0.6) is 23.0 Å². The number of benzene rings is 4. The van der Waals surface area contributed by atoms with Crippen molar-refractivity contribution in [2.75, 3.05) is 56.0 Å². The van der Waals surface area contributed by atoms with E-state index in [1.54, 1.807) is 54.9 Å². The van der Waals surface area contributed by atoms with Crippen molar-refractivity contribution < 1.29 is 60.3 Å². The molecule has 0 atom stereocenters. The number of aromatic nitrogens is 6. The monoisotopic (exact) mass is 1080 g/mol. The van der Waals surface area contributed by atoms with E-state index in [0.717, 1.165) is 29.4 Å². The number of hydrogen-bond donors (Lipinski definition) is 4. The van der Waals surface area contributed by atoms with E-state index in [1.807, 2.05) is 56.3 Å².